The van der Waals surface area contributed by atoms with Crippen molar-refractivity contribution in [3.8, 4) is 11.5 Å². The maximum absolute atomic E-state index is 12.9. The summed E-state index contributed by atoms with van der Waals surface area (Å²) in [6.07, 6.45) is 5.03. The van der Waals surface area contributed by atoms with Crippen LogP contribution in [-0.2, 0) is 27.2 Å². The summed E-state index contributed by atoms with van der Waals surface area (Å²) in [6, 6.07) is 3.91. The van der Waals surface area contributed by atoms with Gasteiger partial charge in [-0.25, -0.2) is 14.6 Å². The van der Waals surface area contributed by atoms with E-state index >= 15 is 0 Å². The Kier molecular flexibility index (Phi) is 10.3. The number of carbonyl (C=O) groups excluding carboxylic acids is 1. The number of nitrogen functional groups attached to an aromatic ring is 1. The molecule has 2 heterocycles. The largest absolute Gasteiger partial charge is 0.507 e. The number of carbonyl (C=O) groups is 3. The van der Waals surface area contributed by atoms with E-state index < -0.39 is 17.5 Å². The molecule has 10 nitrogen and oxygen atoms in total. The third-order valence-electron chi connectivity index (χ3n) is 6.56. The van der Waals surface area contributed by atoms with Crippen molar-refractivity contribution in [3.63, 3.8) is 0 Å². The van der Waals surface area contributed by atoms with Crippen LogP contribution in [0.2, 0.25) is 0 Å². The monoisotopic (exact) mass is 527 g/mol. The van der Waals surface area contributed by atoms with Crippen LogP contribution in [0.15, 0.2) is 24.3 Å². The molecule has 0 saturated carbocycles. The van der Waals surface area contributed by atoms with Gasteiger partial charge in [0, 0.05) is 36.4 Å². The standard InChI is InChI=1S/C24H33N3O3.C4H4O4/c1-14-12-18(27-20(25)13-14)8-6-7-11-26-23(29)24(5)10-9-19-17(4)21(28)15(2)16(3)22(19)30-24;5-3(6)1-2-4(7)8/h12-13,28H,6-11H2,1-5H3,(H2,25,27)(H,26,29);1-2H,(H,5,6)(H,7,8). The number of aryl methyl sites for hydroxylation is 2. The number of unbranched alkanes of at least 4 members (excludes halogenated alkanes) is 1. The van der Waals surface area contributed by atoms with Crippen molar-refractivity contribution in [2.24, 2.45) is 0 Å². The predicted molar refractivity (Wildman–Crippen MR) is 143 cm³/mol. The lowest BCUT2D eigenvalue weighted by Crippen LogP contribution is -2.51. The number of anilines is 1. The fourth-order valence-electron chi connectivity index (χ4n) is 4.27. The molecular formula is C28H37N3O7. The van der Waals surface area contributed by atoms with Crippen molar-refractivity contribution < 1.29 is 34.4 Å². The summed E-state index contributed by atoms with van der Waals surface area (Å²) in [5.74, 6) is -0.980. The molecule has 1 aliphatic heterocycles. The van der Waals surface area contributed by atoms with Crippen LogP contribution in [0.4, 0.5) is 5.82 Å². The molecule has 3 rings (SSSR count). The summed E-state index contributed by atoms with van der Waals surface area (Å²) in [6.45, 7) is 10.2. The topological polar surface area (TPSA) is 172 Å². The second-order valence-electron chi connectivity index (χ2n) is 9.65. The van der Waals surface area contributed by atoms with Crippen LogP contribution in [0, 0.1) is 27.7 Å². The number of carboxylic acid groups (broad SMARTS) is 2. The number of ether oxygens (including phenoxy) is 1. The van der Waals surface area contributed by atoms with Gasteiger partial charge in [0.2, 0.25) is 0 Å². The van der Waals surface area contributed by atoms with Crippen LogP contribution >= 0.6 is 0 Å². The average Bonchev–Trinajstić information content (AvgIpc) is 2.84. The maximum atomic E-state index is 12.9. The Morgan fingerprint density at radius 2 is 1.68 bits per heavy atom. The van der Waals surface area contributed by atoms with Crippen molar-refractivity contribution >= 4 is 23.7 Å². The highest BCUT2D eigenvalue weighted by atomic mass is 16.5. The van der Waals surface area contributed by atoms with Crippen LogP contribution < -0.4 is 15.8 Å². The molecule has 0 aliphatic carbocycles. The van der Waals surface area contributed by atoms with Gasteiger partial charge in [-0.1, -0.05) is 0 Å². The molecular weight excluding hydrogens is 490 g/mol. The van der Waals surface area contributed by atoms with Crippen LogP contribution in [0.25, 0.3) is 0 Å². The van der Waals surface area contributed by atoms with Gasteiger partial charge in [-0.3, -0.25) is 4.79 Å². The van der Waals surface area contributed by atoms with Crippen molar-refractivity contribution in [1.29, 1.82) is 0 Å². The molecule has 0 spiro atoms. The lowest BCUT2D eigenvalue weighted by molar-refractivity contribution is -0.137. The summed E-state index contributed by atoms with van der Waals surface area (Å²) in [7, 11) is 0. The molecule has 206 valence electrons. The first-order chi connectivity index (χ1) is 17.7. The van der Waals surface area contributed by atoms with E-state index in [1.54, 1.807) is 0 Å². The number of hydrogen-bond acceptors (Lipinski definition) is 7. The van der Waals surface area contributed by atoms with Crippen molar-refractivity contribution in [3.05, 3.63) is 57.8 Å². The number of nitrogens with zero attached hydrogens (tertiary/aromatic N) is 1. The Morgan fingerprint density at radius 1 is 1.05 bits per heavy atom. The summed E-state index contributed by atoms with van der Waals surface area (Å²) in [5.41, 5.74) is 10.6. The second kappa shape index (κ2) is 12.9. The van der Waals surface area contributed by atoms with Gasteiger partial charge in [0.15, 0.2) is 5.60 Å². The van der Waals surface area contributed by atoms with E-state index in [9.17, 15) is 19.5 Å². The number of phenolic OH excluding ortho intramolecular Hbond substituents is 1. The molecule has 0 bridgehead atoms. The number of aliphatic carboxylic acids is 2. The molecule has 1 amide bonds. The fourth-order valence-corrected chi connectivity index (χ4v) is 4.27. The van der Waals surface area contributed by atoms with Gasteiger partial charge < -0.3 is 31.1 Å². The number of amides is 1. The Labute approximate surface area is 222 Å². The number of aromatic hydroxyl groups is 1. The van der Waals surface area contributed by atoms with Gasteiger partial charge in [-0.05, 0) is 94.7 Å². The van der Waals surface area contributed by atoms with Crippen molar-refractivity contribution in [1.82, 2.24) is 10.3 Å². The number of aromatic nitrogens is 1. The highest BCUT2D eigenvalue weighted by molar-refractivity contribution is 5.89. The summed E-state index contributed by atoms with van der Waals surface area (Å²) >= 11 is 0. The van der Waals surface area contributed by atoms with Crippen LogP contribution in [0.1, 0.15) is 59.7 Å². The zero-order chi connectivity index (χ0) is 28.6. The van der Waals surface area contributed by atoms with E-state index in [2.05, 4.69) is 10.3 Å². The molecule has 1 aromatic carbocycles. The second-order valence-corrected chi connectivity index (χ2v) is 9.65. The molecule has 38 heavy (non-hydrogen) atoms. The first-order valence-corrected chi connectivity index (χ1v) is 12.4. The number of rotatable bonds is 8. The first kappa shape index (κ1) is 30.1. The fraction of sp³-hybridized carbons (Fsp3) is 0.429. The molecule has 0 radical (unpaired) electrons. The number of carboxylic acids is 2. The number of benzene rings is 1. The van der Waals surface area contributed by atoms with Gasteiger partial charge in [0.1, 0.15) is 17.3 Å². The minimum absolute atomic E-state index is 0.0890. The molecule has 1 unspecified atom stereocenters. The molecule has 6 N–H and O–H groups in total. The normalized spacial score (nSPS) is 16.1. The van der Waals surface area contributed by atoms with Gasteiger partial charge in [0.25, 0.3) is 5.91 Å². The molecule has 1 atom stereocenters. The van der Waals surface area contributed by atoms with E-state index in [1.807, 2.05) is 46.8 Å². The third kappa shape index (κ3) is 7.96. The van der Waals surface area contributed by atoms with Gasteiger partial charge >= 0.3 is 11.9 Å². The SMILES string of the molecule is Cc1cc(N)nc(CCCCNC(=O)C2(C)CCc3c(C)c(O)c(C)c(C)c3O2)c1.O=C(O)C=CC(=O)O. The number of pyridine rings is 1. The molecule has 0 fully saturated rings. The lowest BCUT2D eigenvalue weighted by atomic mass is 9.86. The van der Waals surface area contributed by atoms with Crippen LogP contribution in [0.3, 0.4) is 0 Å². The Hall–Kier alpha value is -4.08. The van der Waals surface area contributed by atoms with E-state index in [0.717, 1.165) is 58.5 Å². The minimum atomic E-state index is -1.26. The first-order valence-electron chi connectivity index (χ1n) is 12.4. The summed E-state index contributed by atoms with van der Waals surface area (Å²) < 4.78 is 6.23. The summed E-state index contributed by atoms with van der Waals surface area (Å²) in [5, 5.41) is 29.0. The predicted octanol–water partition coefficient (Wildman–Crippen LogP) is 3.54. The molecule has 0 saturated heterocycles. The molecule has 1 aromatic heterocycles. The van der Waals surface area contributed by atoms with Crippen molar-refractivity contribution in [2.75, 3.05) is 12.3 Å². The molecule has 1 aliphatic rings. The summed E-state index contributed by atoms with van der Waals surface area (Å²) in [4.78, 5) is 36.3. The highest BCUT2D eigenvalue weighted by Gasteiger charge is 2.40. The van der Waals surface area contributed by atoms with E-state index in [-0.39, 0.29) is 5.91 Å². The molecule has 10 heteroatoms. The van der Waals surface area contributed by atoms with E-state index in [1.165, 1.54) is 0 Å². The number of hydrogen-bond donors (Lipinski definition) is 5. The lowest BCUT2D eigenvalue weighted by Gasteiger charge is -2.36. The van der Waals surface area contributed by atoms with E-state index in [4.69, 9.17) is 20.7 Å². The quantitative estimate of drug-likeness (QED) is 0.254. The maximum Gasteiger partial charge on any atom is 0.328 e. The van der Waals surface area contributed by atoms with Gasteiger partial charge in [0.05, 0.1) is 0 Å². The Morgan fingerprint density at radius 3 is 2.26 bits per heavy atom. The van der Waals surface area contributed by atoms with Crippen molar-refractivity contribution in [2.45, 2.75) is 72.3 Å². The third-order valence-corrected chi connectivity index (χ3v) is 6.56. The Bertz CT molecular complexity index is 1200. The highest BCUT2D eigenvalue weighted by Crippen LogP contribution is 2.43. The number of fused-ring (bicyclic) bond motifs is 1. The van der Waals surface area contributed by atoms with E-state index in [0.29, 0.717) is 43.1 Å². The number of phenols is 1. The Balaban J connectivity index is 0.000000550. The van der Waals surface area contributed by atoms with Crippen LogP contribution in [-0.4, -0.2) is 50.3 Å². The minimum Gasteiger partial charge on any atom is -0.507 e. The van der Waals surface area contributed by atoms with Gasteiger partial charge in [-0.2, -0.15) is 0 Å². The average molecular weight is 528 g/mol. The number of nitrogens with two attached hydrogens (primary N) is 1. The van der Waals surface area contributed by atoms with Crippen LogP contribution in [0.5, 0.6) is 11.5 Å². The zero-order valence-electron chi connectivity index (χ0n) is 22.6. The zero-order valence-corrected chi connectivity index (χ0v) is 22.6. The molecule has 2 aromatic rings. The van der Waals surface area contributed by atoms with Gasteiger partial charge in [-0.15, -0.1) is 0 Å². The number of nitrogens with one attached hydrogen (secondary N) is 1. The smallest absolute Gasteiger partial charge is 0.328 e.